The first kappa shape index (κ1) is 24.2. The van der Waals surface area contributed by atoms with Crippen molar-refractivity contribution in [3.05, 3.63) is 29.3 Å². The minimum Gasteiger partial charge on any atom is -0.356 e. The van der Waals surface area contributed by atoms with Crippen molar-refractivity contribution in [2.45, 2.75) is 38.1 Å². The Morgan fingerprint density at radius 3 is 2.67 bits per heavy atom. The van der Waals surface area contributed by atoms with Gasteiger partial charge in [-0.05, 0) is 56.0 Å². The lowest BCUT2D eigenvalue weighted by Crippen LogP contribution is -2.40. The van der Waals surface area contributed by atoms with Gasteiger partial charge < -0.3 is 15.5 Å². The van der Waals surface area contributed by atoms with E-state index in [9.17, 15) is 8.42 Å². The van der Waals surface area contributed by atoms with Gasteiger partial charge >= 0.3 is 0 Å². The second-order valence-corrected chi connectivity index (χ2v) is 9.12. The summed E-state index contributed by atoms with van der Waals surface area (Å²) in [5.41, 5.74) is 1.81. The van der Waals surface area contributed by atoms with Gasteiger partial charge in [-0.3, -0.25) is 4.99 Å². The van der Waals surface area contributed by atoms with Crippen molar-refractivity contribution in [3.63, 3.8) is 0 Å². The highest BCUT2D eigenvalue weighted by atomic mass is 127. The highest BCUT2D eigenvalue weighted by Gasteiger charge is 2.21. The molecule has 0 radical (unpaired) electrons. The molecule has 1 aliphatic heterocycles. The molecule has 0 spiro atoms. The zero-order valence-electron chi connectivity index (χ0n) is 16.8. The lowest BCUT2D eigenvalue weighted by molar-refractivity contribution is 0.324. The van der Waals surface area contributed by atoms with Crippen molar-refractivity contribution in [2.24, 2.45) is 10.9 Å². The number of hydrogen-bond acceptors (Lipinski definition) is 4. The molecule has 6 nitrogen and oxygen atoms in total. The van der Waals surface area contributed by atoms with E-state index >= 15 is 0 Å². The van der Waals surface area contributed by atoms with E-state index < -0.39 is 9.84 Å². The third-order valence-electron chi connectivity index (χ3n) is 4.79. The Labute approximate surface area is 181 Å². The average molecular weight is 508 g/mol. The Balaban J connectivity index is 0.00000364. The summed E-state index contributed by atoms with van der Waals surface area (Å²) in [6.07, 6.45) is 3.68. The number of aryl methyl sites for hydroxylation is 1. The fraction of sp³-hybridized carbons (Fsp3) is 0.632. The number of benzene rings is 1. The molecule has 1 aliphatic rings. The molecule has 1 atom stereocenters. The predicted molar refractivity (Wildman–Crippen MR) is 123 cm³/mol. The SMILES string of the molecule is CCCN1CCC(CNC(=NC)NCc2ccc(S(C)(=O)=O)c(C)c2)C1.I. The number of nitrogens with one attached hydrogen (secondary N) is 2. The lowest BCUT2D eigenvalue weighted by Gasteiger charge is -2.17. The summed E-state index contributed by atoms with van der Waals surface area (Å²) in [4.78, 5) is 7.20. The minimum absolute atomic E-state index is 0. The summed E-state index contributed by atoms with van der Waals surface area (Å²) in [6.45, 7) is 9.12. The number of guanidine groups is 1. The molecular formula is C19H33IN4O2S. The van der Waals surface area contributed by atoms with Crippen LogP contribution >= 0.6 is 24.0 Å². The van der Waals surface area contributed by atoms with E-state index in [0.717, 1.165) is 30.2 Å². The van der Waals surface area contributed by atoms with Crippen molar-refractivity contribution < 1.29 is 8.42 Å². The summed E-state index contributed by atoms with van der Waals surface area (Å²) in [6, 6.07) is 5.44. The highest BCUT2D eigenvalue weighted by molar-refractivity contribution is 14.0. The first-order valence-electron chi connectivity index (χ1n) is 9.30. The summed E-state index contributed by atoms with van der Waals surface area (Å²) in [7, 11) is -1.40. The van der Waals surface area contributed by atoms with Crippen LogP contribution in [0.5, 0.6) is 0 Å². The number of halogens is 1. The van der Waals surface area contributed by atoms with Crippen molar-refractivity contribution in [1.29, 1.82) is 0 Å². The van der Waals surface area contributed by atoms with E-state index in [1.54, 1.807) is 13.1 Å². The van der Waals surface area contributed by atoms with Crippen LogP contribution in [0.15, 0.2) is 28.1 Å². The highest BCUT2D eigenvalue weighted by Crippen LogP contribution is 2.17. The Morgan fingerprint density at radius 1 is 1.33 bits per heavy atom. The van der Waals surface area contributed by atoms with Crippen molar-refractivity contribution in [3.8, 4) is 0 Å². The van der Waals surface area contributed by atoms with Gasteiger partial charge in [-0.25, -0.2) is 8.42 Å². The Kier molecular flexibility index (Phi) is 10.0. The molecule has 27 heavy (non-hydrogen) atoms. The number of likely N-dealkylation sites (tertiary alicyclic amines) is 1. The Morgan fingerprint density at radius 2 is 2.07 bits per heavy atom. The molecule has 1 heterocycles. The smallest absolute Gasteiger partial charge is 0.191 e. The normalized spacial score (nSPS) is 18.2. The molecule has 2 N–H and O–H groups in total. The maximum Gasteiger partial charge on any atom is 0.191 e. The first-order valence-corrected chi connectivity index (χ1v) is 11.2. The average Bonchev–Trinajstić information content (AvgIpc) is 3.02. The second kappa shape index (κ2) is 11.2. The van der Waals surface area contributed by atoms with E-state index in [-0.39, 0.29) is 24.0 Å². The molecule has 1 fully saturated rings. The molecule has 1 unspecified atom stereocenters. The summed E-state index contributed by atoms with van der Waals surface area (Å²) in [5.74, 6) is 1.44. The molecule has 0 aromatic heterocycles. The van der Waals surface area contributed by atoms with Crippen molar-refractivity contribution in [2.75, 3.05) is 39.5 Å². The minimum atomic E-state index is -3.17. The molecule has 0 aliphatic carbocycles. The summed E-state index contributed by atoms with van der Waals surface area (Å²) < 4.78 is 23.4. The molecule has 0 saturated carbocycles. The van der Waals surface area contributed by atoms with Gasteiger partial charge in [-0.1, -0.05) is 19.1 Å². The molecule has 154 valence electrons. The summed E-state index contributed by atoms with van der Waals surface area (Å²) >= 11 is 0. The fourth-order valence-electron chi connectivity index (χ4n) is 3.48. The molecule has 1 aromatic rings. The van der Waals surface area contributed by atoms with Crippen LogP contribution in [-0.2, 0) is 16.4 Å². The van der Waals surface area contributed by atoms with Gasteiger partial charge in [0.2, 0.25) is 0 Å². The van der Waals surface area contributed by atoms with Crippen LogP contribution in [0, 0.1) is 12.8 Å². The molecule has 0 amide bonds. The predicted octanol–water partition coefficient (Wildman–Crippen LogP) is 2.41. The van der Waals surface area contributed by atoms with Crippen LogP contribution in [0.25, 0.3) is 0 Å². The van der Waals surface area contributed by atoms with Gasteiger partial charge in [-0.15, -0.1) is 24.0 Å². The fourth-order valence-corrected chi connectivity index (χ4v) is 4.44. The summed E-state index contributed by atoms with van der Waals surface area (Å²) in [5, 5.41) is 6.72. The molecule has 2 rings (SSSR count). The quantitative estimate of drug-likeness (QED) is 0.336. The van der Waals surface area contributed by atoms with Crippen LogP contribution in [0.4, 0.5) is 0 Å². The number of nitrogens with zero attached hydrogens (tertiary/aromatic N) is 2. The number of sulfone groups is 1. The van der Waals surface area contributed by atoms with Crippen LogP contribution < -0.4 is 10.6 Å². The topological polar surface area (TPSA) is 73.8 Å². The van der Waals surface area contributed by atoms with Crippen LogP contribution in [0.1, 0.15) is 30.9 Å². The Hall–Kier alpha value is -0.870. The van der Waals surface area contributed by atoms with E-state index in [1.807, 2.05) is 19.1 Å². The zero-order chi connectivity index (χ0) is 19.2. The monoisotopic (exact) mass is 508 g/mol. The van der Waals surface area contributed by atoms with E-state index in [4.69, 9.17) is 0 Å². The maximum absolute atomic E-state index is 11.7. The third-order valence-corrected chi connectivity index (χ3v) is 6.05. The van der Waals surface area contributed by atoms with Gasteiger partial charge in [0.05, 0.1) is 4.90 Å². The third kappa shape index (κ3) is 7.57. The van der Waals surface area contributed by atoms with E-state index in [1.165, 1.54) is 32.2 Å². The number of hydrogen-bond donors (Lipinski definition) is 2. The molecule has 8 heteroatoms. The van der Waals surface area contributed by atoms with Gasteiger partial charge in [0.1, 0.15) is 0 Å². The van der Waals surface area contributed by atoms with Gasteiger partial charge in [-0.2, -0.15) is 0 Å². The Bertz CT molecular complexity index is 737. The van der Waals surface area contributed by atoms with Crippen LogP contribution in [0.2, 0.25) is 0 Å². The molecular weight excluding hydrogens is 475 g/mol. The van der Waals surface area contributed by atoms with Gasteiger partial charge in [0, 0.05) is 32.9 Å². The van der Waals surface area contributed by atoms with Crippen LogP contribution in [-0.4, -0.2) is 58.8 Å². The second-order valence-electron chi connectivity index (χ2n) is 7.13. The standard InChI is InChI=1S/C19H32N4O2S.HI/c1-5-9-23-10-8-17(14-23)13-22-19(20-3)21-12-16-6-7-18(15(2)11-16)26(4,24)25;/h6-7,11,17H,5,8-10,12-14H2,1-4H3,(H2,20,21,22);1H. The van der Waals surface area contributed by atoms with Crippen molar-refractivity contribution in [1.82, 2.24) is 15.5 Å². The van der Waals surface area contributed by atoms with Gasteiger partial charge in [0.15, 0.2) is 15.8 Å². The maximum atomic E-state index is 11.7. The van der Waals surface area contributed by atoms with E-state index in [0.29, 0.717) is 17.4 Å². The van der Waals surface area contributed by atoms with E-state index in [2.05, 4.69) is 27.4 Å². The first-order chi connectivity index (χ1) is 12.3. The molecule has 1 aromatic carbocycles. The largest absolute Gasteiger partial charge is 0.356 e. The number of rotatable bonds is 7. The molecule has 1 saturated heterocycles. The van der Waals surface area contributed by atoms with Gasteiger partial charge in [0.25, 0.3) is 0 Å². The lowest BCUT2D eigenvalue weighted by atomic mass is 10.1. The van der Waals surface area contributed by atoms with Crippen LogP contribution in [0.3, 0.4) is 0 Å². The molecule has 0 bridgehead atoms. The zero-order valence-corrected chi connectivity index (χ0v) is 19.9. The van der Waals surface area contributed by atoms with Crippen molar-refractivity contribution >= 4 is 39.8 Å². The number of aliphatic imine (C=N–C) groups is 1.